The first kappa shape index (κ1) is 10.8. The Labute approximate surface area is 90.5 Å². The van der Waals surface area contributed by atoms with Crippen molar-refractivity contribution in [3.05, 3.63) is 42.0 Å². The molecule has 0 bridgehead atoms. The van der Waals surface area contributed by atoms with Crippen LogP contribution in [-0.4, -0.2) is 6.36 Å². The summed E-state index contributed by atoms with van der Waals surface area (Å²) in [7, 11) is 0. The molecule has 0 amide bonds. The summed E-state index contributed by atoms with van der Waals surface area (Å²) in [6.07, 6.45) is -4.65. The third-order valence-electron chi connectivity index (χ3n) is 2.33. The average molecular weight is 226 g/mol. The van der Waals surface area contributed by atoms with Crippen LogP contribution in [0.3, 0.4) is 0 Å². The third kappa shape index (κ3) is 2.10. The lowest BCUT2D eigenvalue weighted by atomic mass is 10.1. The van der Waals surface area contributed by atoms with Crippen LogP contribution in [0.4, 0.5) is 13.2 Å². The Morgan fingerprint density at radius 1 is 0.938 bits per heavy atom. The van der Waals surface area contributed by atoms with E-state index in [1.54, 1.807) is 30.3 Å². The van der Waals surface area contributed by atoms with E-state index in [0.717, 1.165) is 10.9 Å². The SMILES string of the molecule is Cc1ccc(OC(F)(F)F)c2ccccc12. The van der Waals surface area contributed by atoms with E-state index in [0.29, 0.717) is 5.39 Å². The molecular formula is C12H9F3O. The van der Waals surface area contributed by atoms with Crippen LogP contribution in [0.15, 0.2) is 36.4 Å². The third-order valence-corrected chi connectivity index (χ3v) is 2.33. The van der Waals surface area contributed by atoms with Crippen LogP contribution in [0.2, 0.25) is 0 Å². The van der Waals surface area contributed by atoms with Gasteiger partial charge in [-0.1, -0.05) is 30.3 Å². The van der Waals surface area contributed by atoms with Gasteiger partial charge in [-0.3, -0.25) is 0 Å². The summed E-state index contributed by atoms with van der Waals surface area (Å²) in [6, 6.07) is 9.81. The van der Waals surface area contributed by atoms with E-state index in [4.69, 9.17) is 0 Å². The second-order valence-corrected chi connectivity index (χ2v) is 3.47. The highest BCUT2D eigenvalue weighted by Gasteiger charge is 2.31. The van der Waals surface area contributed by atoms with Crippen LogP contribution in [0, 0.1) is 6.92 Å². The molecule has 0 N–H and O–H groups in total. The average Bonchev–Trinajstić information content (AvgIpc) is 2.21. The molecule has 0 unspecified atom stereocenters. The molecule has 84 valence electrons. The van der Waals surface area contributed by atoms with Crippen molar-refractivity contribution in [3.63, 3.8) is 0 Å². The van der Waals surface area contributed by atoms with E-state index < -0.39 is 6.36 Å². The fourth-order valence-corrected chi connectivity index (χ4v) is 1.64. The summed E-state index contributed by atoms with van der Waals surface area (Å²) in [6.45, 7) is 1.85. The number of fused-ring (bicyclic) bond motifs is 1. The lowest BCUT2D eigenvalue weighted by molar-refractivity contribution is -0.274. The molecule has 16 heavy (non-hydrogen) atoms. The zero-order chi connectivity index (χ0) is 11.8. The lowest BCUT2D eigenvalue weighted by Gasteiger charge is -2.12. The van der Waals surface area contributed by atoms with Crippen molar-refractivity contribution < 1.29 is 17.9 Å². The van der Waals surface area contributed by atoms with E-state index >= 15 is 0 Å². The highest BCUT2D eigenvalue weighted by atomic mass is 19.4. The number of aryl methyl sites for hydroxylation is 1. The molecule has 0 saturated carbocycles. The van der Waals surface area contributed by atoms with Gasteiger partial charge in [0.2, 0.25) is 0 Å². The molecule has 0 spiro atoms. The van der Waals surface area contributed by atoms with Gasteiger partial charge in [0.15, 0.2) is 0 Å². The second-order valence-electron chi connectivity index (χ2n) is 3.47. The first-order valence-corrected chi connectivity index (χ1v) is 4.71. The highest BCUT2D eigenvalue weighted by Crippen LogP contribution is 2.31. The zero-order valence-corrected chi connectivity index (χ0v) is 8.51. The first-order chi connectivity index (χ1) is 7.47. The van der Waals surface area contributed by atoms with E-state index in [1.807, 2.05) is 6.92 Å². The van der Waals surface area contributed by atoms with Gasteiger partial charge >= 0.3 is 6.36 Å². The minimum Gasteiger partial charge on any atom is -0.405 e. The first-order valence-electron chi connectivity index (χ1n) is 4.71. The summed E-state index contributed by atoms with van der Waals surface area (Å²) in [5.41, 5.74) is 0.921. The zero-order valence-electron chi connectivity index (χ0n) is 8.51. The minimum absolute atomic E-state index is 0.159. The minimum atomic E-state index is -4.65. The second kappa shape index (κ2) is 3.70. The summed E-state index contributed by atoms with van der Waals surface area (Å²) in [4.78, 5) is 0. The molecule has 4 heteroatoms. The Hall–Kier alpha value is -1.71. The molecule has 0 saturated heterocycles. The van der Waals surface area contributed by atoms with E-state index in [9.17, 15) is 13.2 Å². The Bertz CT molecular complexity index is 517. The van der Waals surface area contributed by atoms with Crippen LogP contribution >= 0.6 is 0 Å². The van der Waals surface area contributed by atoms with Gasteiger partial charge in [0, 0.05) is 5.39 Å². The molecule has 0 radical (unpaired) electrons. The summed E-state index contributed by atoms with van der Waals surface area (Å²) in [5.74, 6) is -0.159. The van der Waals surface area contributed by atoms with Gasteiger partial charge in [0.05, 0.1) is 0 Å². The van der Waals surface area contributed by atoms with E-state index in [2.05, 4.69) is 4.74 Å². The molecule has 0 aliphatic rings. The lowest BCUT2D eigenvalue weighted by Crippen LogP contribution is -2.17. The molecule has 0 aliphatic heterocycles. The maximum atomic E-state index is 12.1. The number of ether oxygens (including phenoxy) is 1. The van der Waals surface area contributed by atoms with Gasteiger partial charge in [0.25, 0.3) is 0 Å². The maximum Gasteiger partial charge on any atom is 0.573 e. The smallest absolute Gasteiger partial charge is 0.405 e. The largest absolute Gasteiger partial charge is 0.573 e. The Morgan fingerprint density at radius 2 is 1.56 bits per heavy atom. The van der Waals surface area contributed by atoms with Crippen molar-refractivity contribution in [1.29, 1.82) is 0 Å². The molecule has 0 heterocycles. The van der Waals surface area contributed by atoms with Crippen molar-refractivity contribution in [2.75, 3.05) is 0 Å². The number of halogens is 3. The fourth-order valence-electron chi connectivity index (χ4n) is 1.64. The van der Waals surface area contributed by atoms with Gasteiger partial charge in [0.1, 0.15) is 5.75 Å². The van der Waals surface area contributed by atoms with Crippen molar-refractivity contribution in [1.82, 2.24) is 0 Å². The van der Waals surface area contributed by atoms with E-state index in [1.165, 1.54) is 6.07 Å². The molecule has 2 rings (SSSR count). The van der Waals surface area contributed by atoms with Crippen LogP contribution < -0.4 is 4.74 Å². The number of alkyl halides is 3. The van der Waals surface area contributed by atoms with E-state index in [-0.39, 0.29) is 5.75 Å². The number of hydrogen-bond donors (Lipinski definition) is 0. The number of benzene rings is 2. The molecule has 0 atom stereocenters. The normalized spacial score (nSPS) is 11.8. The quantitative estimate of drug-likeness (QED) is 0.712. The van der Waals surface area contributed by atoms with Crippen LogP contribution in [0.25, 0.3) is 10.8 Å². The molecular weight excluding hydrogens is 217 g/mol. The highest BCUT2D eigenvalue weighted by molar-refractivity contribution is 5.90. The molecule has 0 aromatic heterocycles. The molecule has 0 fully saturated rings. The van der Waals surface area contributed by atoms with Gasteiger partial charge in [-0.2, -0.15) is 0 Å². The Kier molecular flexibility index (Phi) is 2.50. The van der Waals surface area contributed by atoms with Crippen molar-refractivity contribution in [2.45, 2.75) is 13.3 Å². The molecule has 1 nitrogen and oxygen atoms in total. The monoisotopic (exact) mass is 226 g/mol. The molecule has 2 aromatic carbocycles. The topological polar surface area (TPSA) is 9.23 Å². The van der Waals surface area contributed by atoms with Crippen LogP contribution in [-0.2, 0) is 0 Å². The fraction of sp³-hybridized carbons (Fsp3) is 0.167. The van der Waals surface area contributed by atoms with Crippen molar-refractivity contribution >= 4 is 10.8 Å². The summed E-state index contributed by atoms with van der Waals surface area (Å²) < 4.78 is 40.4. The summed E-state index contributed by atoms with van der Waals surface area (Å²) in [5, 5.41) is 1.24. The molecule has 0 aliphatic carbocycles. The maximum absolute atomic E-state index is 12.1. The summed E-state index contributed by atoms with van der Waals surface area (Å²) >= 11 is 0. The van der Waals surface area contributed by atoms with Crippen LogP contribution in [0.5, 0.6) is 5.75 Å². The predicted molar refractivity (Wildman–Crippen MR) is 55.4 cm³/mol. The number of rotatable bonds is 1. The predicted octanol–water partition coefficient (Wildman–Crippen LogP) is 4.05. The van der Waals surface area contributed by atoms with Crippen molar-refractivity contribution in [3.8, 4) is 5.75 Å². The standard InChI is InChI=1S/C12H9F3O/c1-8-6-7-11(16-12(13,14)15)10-5-3-2-4-9(8)10/h2-7H,1H3. The van der Waals surface area contributed by atoms with Gasteiger partial charge < -0.3 is 4.74 Å². The van der Waals surface area contributed by atoms with Gasteiger partial charge in [-0.15, -0.1) is 13.2 Å². The Morgan fingerprint density at radius 3 is 2.19 bits per heavy atom. The van der Waals surface area contributed by atoms with Crippen LogP contribution in [0.1, 0.15) is 5.56 Å². The molecule has 2 aromatic rings. The number of hydrogen-bond acceptors (Lipinski definition) is 1. The van der Waals surface area contributed by atoms with Gasteiger partial charge in [-0.05, 0) is 23.9 Å². The van der Waals surface area contributed by atoms with Gasteiger partial charge in [-0.25, -0.2) is 0 Å². The Balaban J connectivity index is 2.59. The van der Waals surface area contributed by atoms with Crippen molar-refractivity contribution in [2.24, 2.45) is 0 Å².